The molecule has 1 aromatic rings. The summed E-state index contributed by atoms with van der Waals surface area (Å²) in [6, 6.07) is 7.06. The standard InChI is InChI=1S/C13H19N3O3/c1-4-9-14-13(18)19-15-12(17)10-7-5-6-8-11(10)16(2)3/h5-8H,4,9H2,1-3H3,(H,14,18)(H,15,17). The van der Waals surface area contributed by atoms with Crippen molar-refractivity contribution >= 4 is 17.7 Å². The number of para-hydroxylation sites is 1. The van der Waals surface area contributed by atoms with Crippen molar-refractivity contribution in [3.63, 3.8) is 0 Å². The fourth-order valence-corrected chi connectivity index (χ4v) is 1.47. The first-order valence-electron chi connectivity index (χ1n) is 6.07. The molecule has 0 aromatic heterocycles. The van der Waals surface area contributed by atoms with Gasteiger partial charge in [0.2, 0.25) is 0 Å². The van der Waals surface area contributed by atoms with Gasteiger partial charge in [0.25, 0.3) is 5.91 Å². The van der Waals surface area contributed by atoms with Gasteiger partial charge in [-0.25, -0.2) is 4.79 Å². The molecule has 2 N–H and O–H groups in total. The van der Waals surface area contributed by atoms with E-state index < -0.39 is 12.0 Å². The van der Waals surface area contributed by atoms with Crippen LogP contribution in [0.25, 0.3) is 0 Å². The Labute approximate surface area is 112 Å². The van der Waals surface area contributed by atoms with Gasteiger partial charge in [-0.15, -0.1) is 0 Å². The van der Waals surface area contributed by atoms with Crippen LogP contribution in [0.4, 0.5) is 10.5 Å². The Morgan fingerprint density at radius 1 is 1.26 bits per heavy atom. The Morgan fingerprint density at radius 3 is 2.58 bits per heavy atom. The molecule has 1 rings (SSSR count). The summed E-state index contributed by atoms with van der Waals surface area (Å²) >= 11 is 0. The minimum Gasteiger partial charge on any atom is -0.377 e. The van der Waals surface area contributed by atoms with Gasteiger partial charge in [0.15, 0.2) is 0 Å². The van der Waals surface area contributed by atoms with Gasteiger partial charge in [0.05, 0.1) is 5.56 Å². The van der Waals surface area contributed by atoms with Crippen molar-refractivity contribution in [3.05, 3.63) is 29.8 Å². The van der Waals surface area contributed by atoms with E-state index in [2.05, 4.69) is 15.6 Å². The summed E-state index contributed by atoms with van der Waals surface area (Å²) in [6.45, 7) is 2.43. The third-order valence-electron chi connectivity index (χ3n) is 2.39. The van der Waals surface area contributed by atoms with Crippen molar-refractivity contribution in [2.24, 2.45) is 0 Å². The topological polar surface area (TPSA) is 70.7 Å². The number of nitrogens with zero attached hydrogens (tertiary/aromatic N) is 1. The Kier molecular flexibility index (Phi) is 5.66. The number of hydrogen-bond donors (Lipinski definition) is 2. The molecule has 0 saturated heterocycles. The number of anilines is 1. The van der Waals surface area contributed by atoms with Crippen LogP contribution in [0, 0.1) is 0 Å². The molecule has 0 aliphatic rings. The fraction of sp³-hybridized carbons (Fsp3) is 0.385. The van der Waals surface area contributed by atoms with E-state index in [-0.39, 0.29) is 0 Å². The molecule has 0 atom stereocenters. The van der Waals surface area contributed by atoms with E-state index in [9.17, 15) is 9.59 Å². The van der Waals surface area contributed by atoms with Gasteiger partial charge in [0.1, 0.15) is 0 Å². The van der Waals surface area contributed by atoms with Crippen LogP contribution in [0.15, 0.2) is 24.3 Å². The average Bonchev–Trinajstić information content (AvgIpc) is 2.42. The number of carbonyl (C=O) groups excluding carboxylic acids is 2. The molecule has 0 unspecified atom stereocenters. The zero-order chi connectivity index (χ0) is 14.3. The summed E-state index contributed by atoms with van der Waals surface area (Å²) in [5.74, 6) is -0.462. The first kappa shape index (κ1) is 14.8. The fourth-order valence-electron chi connectivity index (χ4n) is 1.47. The van der Waals surface area contributed by atoms with Crippen molar-refractivity contribution < 1.29 is 14.4 Å². The highest BCUT2D eigenvalue weighted by Crippen LogP contribution is 2.17. The molecule has 0 radical (unpaired) electrons. The summed E-state index contributed by atoms with van der Waals surface area (Å²) in [6.07, 6.45) is 0.129. The number of hydroxylamine groups is 1. The van der Waals surface area contributed by atoms with Gasteiger partial charge in [0, 0.05) is 26.3 Å². The van der Waals surface area contributed by atoms with Crippen LogP contribution in [0.3, 0.4) is 0 Å². The second kappa shape index (κ2) is 7.25. The summed E-state index contributed by atoms with van der Waals surface area (Å²) in [4.78, 5) is 29.5. The quantitative estimate of drug-likeness (QED) is 0.810. The van der Waals surface area contributed by atoms with Crippen molar-refractivity contribution in [1.82, 2.24) is 10.8 Å². The second-order valence-electron chi connectivity index (χ2n) is 4.16. The summed E-state index contributed by atoms with van der Waals surface area (Å²) < 4.78 is 0. The van der Waals surface area contributed by atoms with Gasteiger partial charge < -0.3 is 15.1 Å². The van der Waals surface area contributed by atoms with Crippen molar-refractivity contribution in [1.29, 1.82) is 0 Å². The minimum atomic E-state index is -0.669. The van der Waals surface area contributed by atoms with Gasteiger partial charge in [-0.05, 0) is 18.6 Å². The monoisotopic (exact) mass is 265 g/mol. The van der Waals surface area contributed by atoms with Crippen LogP contribution < -0.4 is 15.7 Å². The van der Waals surface area contributed by atoms with E-state index in [1.54, 1.807) is 12.1 Å². The van der Waals surface area contributed by atoms with Crippen molar-refractivity contribution in [2.45, 2.75) is 13.3 Å². The van der Waals surface area contributed by atoms with Crippen LogP contribution in [-0.4, -0.2) is 32.6 Å². The lowest BCUT2D eigenvalue weighted by molar-refractivity contribution is 0.0573. The molecular formula is C13H19N3O3. The van der Waals surface area contributed by atoms with Gasteiger partial charge in [-0.1, -0.05) is 19.1 Å². The molecule has 0 aliphatic carbocycles. The Hall–Kier alpha value is -2.24. The summed E-state index contributed by atoms with van der Waals surface area (Å²) in [5.41, 5.74) is 3.31. The molecule has 0 saturated carbocycles. The molecule has 6 heteroatoms. The van der Waals surface area contributed by atoms with Crippen LogP contribution in [0.1, 0.15) is 23.7 Å². The Bertz CT molecular complexity index is 447. The van der Waals surface area contributed by atoms with Gasteiger partial charge in [-0.3, -0.25) is 4.79 Å². The number of benzene rings is 1. The Balaban J connectivity index is 2.61. The molecule has 0 heterocycles. The molecule has 19 heavy (non-hydrogen) atoms. The van der Waals surface area contributed by atoms with E-state index in [1.807, 2.05) is 38.1 Å². The molecular weight excluding hydrogens is 246 g/mol. The van der Waals surface area contributed by atoms with Crippen molar-refractivity contribution in [2.75, 3.05) is 25.5 Å². The largest absolute Gasteiger partial charge is 0.431 e. The molecule has 0 aliphatic heterocycles. The number of hydrogen-bond acceptors (Lipinski definition) is 4. The summed E-state index contributed by atoms with van der Waals surface area (Å²) in [7, 11) is 3.67. The maximum absolute atomic E-state index is 11.9. The molecule has 0 fully saturated rings. The number of rotatable bonds is 4. The zero-order valence-corrected chi connectivity index (χ0v) is 11.4. The normalized spacial score (nSPS) is 9.63. The third kappa shape index (κ3) is 4.50. The molecule has 1 aromatic carbocycles. The van der Waals surface area contributed by atoms with Crippen LogP contribution >= 0.6 is 0 Å². The maximum Gasteiger partial charge on any atom is 0.431 e. The van der Waals surface area contributed by atoms with E-state index in [1.165, 1.54) is 0 Å². The second-order valence-corrected chi connectivity index (χ2v) is 4.16. The first-order valence-corrected chi connectivity index (χ1v) is 6.07. The van der Waals surface area contributed by atoms with Crippen molar-refractivity contribution in [3.8, 4) is 0 Å². The van der Waals surface area contributed by atoms with Crippen LogP contribution in [0.5, 0.6) is 0 Å². The summed E-state index contributed by atoms with van der Waals surface area (Å²) in [5, 5.41) is 2.49. The third-order valence-corrected chi connectivity index (χ3v) is 2.39. The predicted octanol–water partition coefficient (Wildman–Crippen LogP) is 1.53. The highest BCUT2D eigenvalue weighted by molar-refractivity contribution is 5.99. The number of nitrogens with one attached hydrogen (secondary N) is 2. The average molecular weight is 265 g/mol. The van der Waals surface area contributed by atoms with Gasteiger partial charge >= 0.3 is 6.09 Å². The lowest BCUT2D eigenvalue weighted by Gasteiger charge is -2.16. The molecule has 6 nitrogen and oxygen atoms in total. The van der Waals surface area contributed by atoms with Crippen LogP contribution in [-0.2, 0) is 4.84 Å². The molecule has 0 bridgehead atoms. The molecule has 0 spiro atoms. The highest BCUT2D eigenvalue weighted by atomic mass is 16.7. The lowest BCUT2D eigenvalue weighted by Crippen LogP contribution is -2.34. The van der Waals surface area contributed by atoms with E-state index in [0.717, 1.165) is 12.1 Å². The number of carbonyl (C=O) groups is 2. The molecule has 104 valence electrons. The van der Waals surface area contributed by atoms with Crippen LogP contribution in [0.2, 0.25) is 0 Å². The lowest BCUT2D eigenvalue weighted by atomic mass is 10.1. The van der Waals surface area contributed by atoms with E-state index >= 15 is 0 Å². The predicted molar refractivity (Wildman–Crippen MR) is 73.0 cm³/mol. The highest BCUT2D eigenvalue weighted by Gasteiger charge is 2.13. The zero-order valence-electron chi connectivity index (χ0n) is 11.4. The minimum absolute atomic E-state index is 0.441. The molecule has 2 amide bonds. The van der Waals surface area contributed by atoms with E-state index in [0.29, 0.717) is 12.1 Å². The number of amides is 2. The first-order chi connectivity index (χ1) is 9.06. The van der Waals surface area contributed by atoms with E-state index in [4.69, 9.17) is 0 Å². The maximum atomic E-state index is 11.9. The SMILES string of the molecule is CCCNC(=O)ONC(=O)c1ccccc1N(C)C. The Morgan fingerprint density at radius 2 is 1.95 bits per heavy atom. The van der Waals surface area contributed by atoms with Gasteiger partial charge in [-0.2, -0.15) is 5.48 Å². The smallest absolute Gasteiger partial charge is 0.377 e.